The van der Waals surface area contributed by atoms with Crippen molar-refractivity contribution >= 4 is 29.4 Å². The molecule has 1 saturated carbocycles. The molecule has 9 heteroatoms. The maximum absolute atomic E-state index is 12.2. The predicted molar refractivity (Wildman–Crippen MR) is 124 cm³/mol. The second kappa shape index (κ2) is 9.94. The Bertz CT molecular complexity index is 964. The lowest BCUT2D eigenvalue weighted by Crippen LogP contribution is -2.48. The number of nitrogens with one attached hydrogen (secondary N) is 1. The van der Waals surface area contributed by atoms with Crippen LogP contribution < -0.4 is 10.2 Å². The molecule has 172 valence electrons. The van der Waals surface area contributed by atoms with E-state index in [9.17, 15) is 9.59 Å². The molecule has 1 N–H and O–H groups in total. The van der Waals surface area contributed by atoms with Crippen LogP contribution in [0.25, 0.3) is 0 Å². The lowest BCUT2D eigenvalue weighted by molar-refractivity contribution is -0.129. The van der Waals surface area contributed by atoms with Gasteiger partial charge in [-0.2, -0.15) is 0 Å². The summed E-state index contributed by atoms with van der Waals surface area (Å²) in [6, 6.07) is 5.62. The first kappa shape index (κ1) is 22.6. The van der Waals surface area contributed by atoms with Crippen LogP contribution in [0.5, 0.6) is 0 Å². The number of carbonyl (C=O) groups is 2. The van der Waals surface area contributed by atoms with Gasteiger partial charge in [0.1, 0.15) is 11.6 Å². The minimum atomic E-state index is -0.154. The number of aromatic nitrogens is 2. The Kier molecular flexibility index (Phi) is 7.03. The molecular weight excluding hydrogens is 426 g/mol. The molecule has 32 heavy (non-hydrogen) atoms. The lowest BCUT2D eigenvalue weighted by Gasteiger charge is -2.35. The van der Waals surface area contributed by atoms with E-state index in [4.69, 9.17) is 14.4 Å². The number of rotatable bonds is 8. The van der Waals surface area contributed by atoms with E-state index in [-0.39, 0.29) is 17.7 Å². The molecule has 2 amide bonds. The fraction of sp³-hybridized carbons (Fsp3) is 0.565. The van der Waals surface area contributed by atoms with Crippen LogP contribution in [0.4, 0.5) is 5.82 Å². The van der Waals surface area contributed by atoms with Gasteiger partial charge in [0.05, 0.1) is 5.75 Å². The number of piperazine rings is 1. The van der Waals surface area contributed by atoms with Crippen molar-refractivity contribution < 1.29 is 14.0 Å². The minimum absolute atomic E-state index is 0.116. The van der Waals surface area contributed by atoms with Gasteiger partial charge < -0.3 is 19.5 Å². The number of amides is 2. The van der Waals surface area contributed by atoms with Crippen molar-refractivity contribution in [1.29, 1.82) is 0 Å². The fourth-order valence-electron chi connectivity index (χ4n) is 3.56. The van der Waals surface area contributed by atoms with E-state index < -0.39 is 0 Å². The molecule has 0 radical (unpaired) electrons. The van der Waals surface area contributed by atoms with Crippen LogP contribution in [-0.2, 0) is 10.5 Å². The van der Waals surface area contributed by atoms with Crippen LogP contribution in [0.3, 0.4) is 0 Å². The molecule has 2 aromatic heterocycles. The molecule has 8 nitrogen and oxygen atoms in total. The number of thioether (sulfide) groups is 1. The van der Waals surface area contributed by atoms with Gasteiger partial charge in [-0.05, 0) is 36.8 Å². The van der Waals surface area contributed by atoms with Crippen molar-refractivity contribution in [3.8, 4) is 0 Å². The van der Waals surface area contributed by atoms with E-state index in [0.717, 1.165) is 36.9 Å². The SMILES string of the molecule is CC(=O)N1CCN(c2cc(C(C)C)nc(SCc3ccc(C(=O)NCC4CC4)o3)n2)CC1. The molecule has 0 spiro atoms. The molecule has 0 bridgehead atoms. The average molecular weight is 458 g/mol. The standard InChI is InChI=1S/C23H31N5O3S/c1-15(2)19-12-21(28-10-8-27(9-11-28)16(3)29)26-23(25-19)32-14-18-6-7-20(31-18)22(30)24-13-17-4-5-17/h6-7,12,15,17H,4-5,8-11,13-14H2,1-3H3,(H,24,30). The first-order chi connectivity index (χ1) is 15.4. The van der Waals surface area contributed by atoms with Crippen LogP contribution in [0, 0.1) is 5.92 Å². The van der Waals surface area contributed by atoms with E-state index >= 15 is 0 Å². The number of furan rings is 1. The van der Waals surface area contributed by atoms with Crippen LogP contribution in [0.1, 0.15) is 61.5 Å². The fourth-order valence-corrected chi connectivity index (χ4v) is 4.32. The third-order valence-corrected chi connectivity index (χ3v) is 6.70. The summed E-state index contributed by atoms with van der Waals surface area (Å²) in [5, 5.41) is 3.62. The number of anilines is 1. The summed E-state index contributed by atoms with van der Waals surface area (Å²) >= 11 is 1.50. The number of nitrogens with zero attached hydrogens (tertiary/aromatic N) is 4. The molecule has 1 aliphatic carbocycles. The second-order valence-corrected chi connectivity index (χ2v) is 9.73. The Morgan fingerprint density at radius 2 is 1.94 bits per heavy atom. The molecule has 0 aromatic carbocycles. The molecule has 2 aliphatic rings. The van der Waals surface area contributed by atoms with Gasteiger partial charge in [0.2, 0.25) is 5.91 Å². The maximum Gasteiger partial charge on any atom is 0.287 e. The Hall–Kier alpha value is -2.55. The van der Waals surface area contributed by atoms with Crippen molar-refractivity contribution in [3.63, 3.8) is 0 Å². The Morgan fingerprint density at radius 3 is 2.59 bits per heavy atom. The second-order valence-electron chi connectivity index (χ2n) is 8.79. The van der Waals surface area contributed by atoms with Gasteiger partial charge in [-0.3, -0.25) is 9.59 Å². The van der Waals surface area contributed by atoms with Crippen LogP contribution in [-0.4, -0.2) is 59.4 Å². The Balaban J connectivity index is 1.39. The first-order valence-corrected chi connectivity index (χ1v) is 12.3. The Labute approximate surface area is 193 Å². The lowest BCUT2D eigenvalue weighted by atomic mass is 10.1. The van der Waals surface area contributed by atoms with Gasteiger partial charge >= 0.3 is 0 Å². The zero-order chi connectivity index (χ0) is 22.7. The number of hydrogen-bond donors (Lipinski definition) is 1. The van der Waals surface area contributed by atoms with Gasteiger partial charge in [-0.1, -0.05) is 25.6 Å². The number of carbonyl (C=O) groups excluding carboxylic acids is 2. The van der Waals surface area contributed by atoms with Gasteiger partial charge in [0, 0.05) is 51.4 Å². The summed E-state index contributed by atoms with van der Waals surface area (Å²) in [5.74, 6) is 3.39. The zero-order valence-corrected chi connectivity index (χ0v) is 19.8. The van der Waals surface area contributed by atoms with E-state index in [0.29, 0.717) is 35.7 Å². The van der Waals surface area contributed by atoms with E-state index in [1.54, 1.807) is 13.0 Å². The third-order valence-electron chi connectivity index (χ3n) is 5.83. The third kappa shape index (κ3) is 5.82. The van der Waals surface area contributed by atoms with Gasteiger partial charge in [0.25, 0.3) is 5.91 Å². The summed E-state index contributed by atoms with van der Waals surface area (Å²) in [5.41, 5.74) is 0.992. The van der Waals surface area contributed by atoms with Gasteiger partial charge in [-0.15, -0.1) is 0 Å². The largest absolute Gasteiger partial charge is 0.455 e. The highest BCUT2D eigenvalue weighted by molar-refractivity contribution is 7.98. The van der Waals surface area contributed by atoms with Crippen molar-refractivity contribution in [2.45, 2.75) is 50.4 Å². The van der Waals surface area contributed by atoms with Crippen LogP contribution >= 0.6 is 11.8 Å². The maximum atomic E-state index is 12.2. The van der Waals surface area contributed by atoms with E-state index in [1.165, 1.54) is 24.6 Å². The van der Waals surface area contributed by atoms with E-state index in [2.05, 4.69) is 24.1 Å². The molecule has 2 aromatic rings. The molecule has 0 atom stereocenters. The molecule has 3 heterocycles. The summed E-state index contributed by atoms with van der Waals surface area (Å²) in [6.07, 6.45) is 2.40. The molecule has 1 aliphatic heterocycles. The average Bonchev–Trinajstić information content (AvgIpc) is 3.50. The molecule has 2 fully saturated rings. The van der Waals surface area contributed by atoms with E-state index in [1.807, 2.05) is 17.0 Å². The van der Waals surface area contributed by atoms with Crippen molar-refractivity contribution in [2.75, 3.05) is 37.6 Å². The van der Waals surface area contributed by atoms with Crippen molar-refractivity contribution in [2.24, 2.45) is 5.92 Å². The van der Waals surface area contributed by atoms with Gasteiger partial charge in [-0.25, -0.2) is 9.97 Å². The molecule has 4 rings (SSSR count). The topological polar surface area (TPSA) is 91.6 Å². The zero-order valence-electron chi connectivity index (χ0n) is 19.0. The Morgan fingerprint density at radius 1 is 1.19 bits per heavy atom. The molecule has 0 unspecified atom stereocenters. The predicted octanol–water partition coefficient (Wildman–Crippen LogP) is 3.29. The normalized spacial score (nSPS) is 16.5. The highest BCUT2D eigenvalue weighted by Crippen LogP contribution is 2.28. The van der Waals surface area contributed by atoms with Gasteiger partial charge in [0.15, 0.2) is 10.9 Å². The molecule has 1 saturated heterocycles. The number of hydrogen-bond acceptors (Lipinski definition) is 7. The van der Waals surface area contributed by atoms with Crippen LogP contribution in [0.15, 0.2) is 27.8 Å². The molecular formula is C23H31N5O3S. The highest BCUT2D eigenvalue weighted by Gasteiger charge is 2.23. The summed E-state index contributed by atoms with van der Waals surface area (Å²) in [4.78, 5) is 37.4. The van der Waals surface area contributed by atoms with Crippen molar-refractivity contribution in [1.82, 2.24) is 20.2 Å². The first-order valence-electron chi connectivity index (χ1n) is 11.3. The monoisotopic (exact) mass is 457 g/mol. The summed E-state index contributed by atoms with van der Waals surface area (Å²) in [6.45, 7) is 9.51. The van der Waals surface area contributed by atoms with Crippen molar-refractivity contribution in [3.05, 3.63) is 35.4 Å². The smallest absolute Gasteiger partial charge is 0.287 e. The summed E-state index contributed by atoms with van der Waals surface area (Å²) in [7, 11) is 0. The summed E-state index contributed by atoms with van der Waals surface area (Å²) < 4.78 is 5.74. The minimum Gasteiger partial charge on any atom is -0.455 e. The highest BCUT2D eigenvalue weighted by atomic mass is 32.2. The van der Waals surface area contributed by atoms with Crippen LogP contribution in [0.2, 0.25) is 0 Å². The quantitative estimate of drug-likeness (QED) is 0.480.